The fourth-order valence-corrected chi connectivity index (χ4v) is 1.92. The molecule has 0 bridgehead atoms. The lowest BCUT2D eigenvalue weighted by atomic mass is 10.1. The molecule has 0 radical (unpaired) electrons. The van der Waals surface area contributed by atoms with Gasteiger partial charge in [0.1, 0.15) is 0 Å². The van der Waals surface area contributed by atoms with Gasteiger partial charge in [-0.05, 0) is 18.2 Å². The molecule has 1 rings (SSSR count). The summed E-state index contributed by atoms with van der Waals surface area (Å²) in [5.41, 5.74) is 1.66. The smallest absolute Gasteiger partial charge is 0.239 e. The Morgan fingerprint density at radius 3 is 2.55 bits per heavy atom. The topological polar surface area (TPSA) is 78.5 Å². The Morgan fingerprint density at radius 2 is 1.95 bits per heavy atom. The first-order valence-corrected chi connectivity index (χ1v) is 8.19. The maximum atomic E-state index is 11.9. The summed E-state index contributed by atoms with van der Waals surface area (Å²) in [6.07, 6.45) is 1.07. The van der Waals surface area contributed by atoms with Crippen molar-refractivity contribution in [3.8, 4) is 0 Å². The van der Waals surface area contributed by atoms with E-state index in [1.807, 2.05) is 25.1 Å². The van der Waals surface area contributed by atoms with Crippen molar-refractivity contribution in [3.63, 3.8) is 0 Å². The Bertz CT molecular complexity index is 558. The molecule has 20 heavy (non-hydrogen) atoms. The number of para-hydroxylation sites is 1. The third kappa shape index (κ3) is 5.28. The van der Waals surface area contributed by atoms with Crippen LogP contribution in [0.15, 0.2) is 24.3 Å². The molecule has 2 N–H and O–H groups in total. The molecule has 6 nitrogen and oxygen atoms in total. The van der Waals surface area contributed by atoms with E-state index in [1.165, 1.54) is 7.05 Å². The fraction of sp³-hybridized carbons (Fsp3) is 0.462. The molecule has 0 aromatic heterocycles. The van der Waals surface area contributed by atoms with E-state index in [9.17, 15) is 13.2 Å². The van der Waals surface area contributed by atoms with Crippen molar-refractivity contribution >= 4 is 21.6 Å². The normalized spacial score (nSPS) is 11.6. The van der Waals surface area contributed by atoms with Crippen molar-refractivity contribution in [1.29, 1.82) is 0 Å². The van der Waals surface area contributed by atoms with E-state index in [0.717, 1.165) is 22.7 Å². The molecule has 0 heterocycles. The van der Waals surface area contributed by atoms with Crippen LogP contribution in [0.5, 0.6) is 0 Å². The van der Waals surface area contributed by atoms with Gasteiger partial charge in [0, 0.05) is 19.3 Å². The quantitative estimate of drug-likeness (QED) is 0.774. The number of benzene rings is 1. The van der Waals surface area contributed by atoms with Gasteiger partial charge in [-0.1, -0.05) is 25.1 Å². The molecule has 112 valence electrons. The van der Waals surface area contributed by atoms with E-state index >= 15 is 0 Å². The van der Waals surface area contributed by atoms with Gasteiger partial charge in [-0.2, -0.15) is 4.31 Å². The standard InChI is InChI=1S/C13H21N3O3S/c1-4-14-9-11-7-5-6-8-12(11)15-13(17)10-16(2)20(3,18)19/h5-8,14H,4,9-10H2,1-3H3,(H,15,17). The van der Waals surface area contributed by atoms with E-state index in [1.54, 1.807) is 6.07 Å². The van der Waals surface area contributed by atoms with Crippen molar-refractivity contribution in [2.75, 3.05) is 31.7 Å². The predicted molar refractivity (Wildman–Crippen MR) is 79.9 cm³/mol. The minimum Gasteiger partial charge on any atom is -0.325 e. The number of carbonyl (C=O) groups excluding carboxylic acids is 1. The Labute approximate surface area is 120 Å². The molecule has 0 aliphatic heterocycles. The van der Waals surface area contributed by atoms with Gasteiger partial charge in [0.2, 0.25) is 15.9 Å². The number of sulfonamides is 1. The molecule has 1 aromatic rings. The highest BCUT2D eigenvalue weighted by Crippen LogP contribution is 2.14. The summed E-state index contributed by atoms with van der Waals surface area (Å²) in [6.45, 7) is 3.28. The monoisotopic (exact) mass is 299 g/mol. The van der Waals surface area contributed by atoms with Crippen LogP contribution in [0.25, 0.3) is 0 Å². The third-order valence-corrected chi connectivity index (χ3v) is 4.05. The van der Waals surface area contributed by atoms with Crippen molar-refractivity contribution in [1.82, 2.24) is 9.62 Å². The highest BCUT2D eigenvalue weighted by Gasteiger charge is 2.15. The Kier molecular flexibility index (Phi) is 6.12. The van der Waals surface area contributed by atoms with Crippen molar-refractivity contribution < 1.29 is 13.2 Å². The van der Waals surface area contributed by atoms with Gasteiger partial charge in [0.25, 0.3) is 0 Å². The average Bonchev–Trinajstić information content (AvgIpc) is 2.36. The highest BCUT2D eigenvalue weighted by molar-refractivity contribution is 7.88. The SMILES string of the molecule is CCNCc1ccccc1NC(=O)CN(C)S(C)(=O)=O. The summed E-state index contributed by atoms with van der Waals surface area (Å²) < 4.78 is 23.5. The number of likely N-dealkylation sites (N-methyl/N-ethyl adjacent to an activating group) is 1. The third-order valence-electron chi connectivity index (χ3n) is 2.79. The summed E-state index contributed by atoms with van der Waals surface area (Å²) >= 11 is 0. The van der Waals surface area contributed by atoms with Crippen LogP contribution in [0.3, 0.4) is 0 Å². The molecule has 0 unspecified atom stereocenters. The molecule has 0 fully saturated rings. The maximum absolute atomic E-state index is 11.9. The average molecular weight is 299 g/mol. The number of hydrogen-bond donors (Lipinski definition) is 2. The van der Waals surface area contributed by atoms with E-state index in [2.05, 4.69) is 10.6 Å². The molecular formula is C13H21N3O3S. The van der Waals surface area contributed by atoms with E-state index < -0.39 is 10.0 Å². The number of nitrogens with one attached hydrogen (secondary N) is 2. The molecule has 0 spiro atoms. The van der Waals surface area contributed by atoms with Gasteiger partial charge in [0.05, 0.1) is 12.8 Å². The zero-order chi connectivity index (χ0) is 15.2. The molecule has 0 aliphatic rings. The first kappa shape index (κ1) is 16.6. The van der Waals surface area contributed by atoms with Crippen LogP contribution in [0, 0.1) is 0 Å². The van der Waals surface area contributed by atoms with Crippen LogP contribution in [-0.4, -0.2) is 45.0 Å². The van der Waals surface area contributed by atoms with Crippen LogP contribution in [-0.2, 0) is 21.4 Å². The van der Waals surface area contributed by atoms with Gasteiger partial charge < -0.3 is 10.6 Å². The lowest BCUT2D eigenvalue weighted by molar-refractivity contribution is -0.116. The Morgan fingerprint density at radius 1 is 1.30 bits per heavy atom. The summed E-state index contributed by atoms with van der Waals surface area (Å²) in [5, 5.41) is 5.92. The number of carbonyl (C=O) groups is 1. The van der Waals surface area contributed by atoms with Gasteiger partial charge >= 0.3 is 0 Å². The van der Waals surface area contributed by atoms with E-state index in [0.29, 0.717) is 12.2 Å². The van der Waals surface area contributed by atoms with Crippen LogP contribution in [0.4, 0.5) is 5.69 Å². The highest BCUT2D eigenvalue weighted by atomic mass is 32.2. The van der Waals surface area contributed by atoms with Crippen LogP contribution in [0.2, 0.25) is 0 Å². The number of rotatable bonds is 7. The molecule has 0 saturated carbocycles. The second-order valence-corrected chi connectivity index (χ2v) is 6.59. The number of anilines is 1. The molecule has 7 heteroatoms. The van der Waals surface area contributed by atoms with Crippen LogP contribution < -0.4 is 10.6 Å². The van der Waals surface area contributed by atoms with E-state index in [-0.39, 0.29) is 12.5 Å². The second kappa shape index (κ2) is 7.37. The molecule has 0 aliphatic carbocycles. The second-order valence-electron chi connectivity index (χ2n) is 4.50. The first-order valence-electron chi connectivity index (χ1n) is 6.34. The minimum atomic E-state index is -3.35. The summed E-state index contributed by atoms with van der Waals surface area (Å²) in [4.78, 5) is 11.9. The zero-order valence-electron chi connectivity index (χ0n) is 12.0. The first-order chi connectivity index (χ1) is 9.34. The maximum Gasteiger partial charge on any atom is 0.239 e. The summed E-state index contributed by atoms with van der Waals surface area (Å²) in [5.74, 6) is -0.359. The number of amides is 1. The van der Waals surface area contributed by atoms with Crippen LogP contribution in [0.1, 0.15) is 12.5 Å². The zero-order valence-corrected chi connectivity index (χ0v) is 12.8. The number of nitrogens with zero attached hydrogens (tertiary/aromatic N) is 1. The summed E-state index contributed by atoms with van der Waals surface area (Å²) in [6, 6.07) is 7.43. The summed E-state index contributed by atoms with van der Waals surface area (Å²) in [7, 11) is -1.98. The van der Waals surface area contributed by atoms with Crippen molar-refractivity contribution in [2.24, 2.45) is 0 Å². The van der Waals surface area contributed by atoms with Crippen LogP contribution >= 0.6 is 0 Å². The Hall–Kier alpha value is -1.44. The minimum absolute atomic E-state index is 0.200. The molecule has 0 atom stereocenters. The van der Waals surface area contributed by atoms with Gasteiger partial charge in [-0.3, -0.25) is 4.79 Å². The van der Waals surface area contributed by atoms with Gasteiger partial charge in [-0.25, -0.2) is 8.42 Å². The lowest BCUT2D eigenvalue weighted by Crippen LogP contribution is -2.34. The molecule has 1 amide bonds. The number of hydrogen-bond acceptors (Lipinski definition) is 4. The van der Waals surface area contributed by atoms with Gasteiger partial charge in [-0.15, -0.1) is 0 Å². The molecule has 0 saturated heterocycles. The molecule has 1 aromatic carbocycles. The fourth-order valence-electron chi connectivity index (χ4n) is 1.57. The Balaban J connectivity index is 2.71. The molecular weight excluding hydrogens is 278 g/mol. The largest absolute Gasteiger partial charge is 0.325 e. The van der Waals surface area contributed by atoms with Crippen molar-refractivity contribution in [2.45, 2.75) is 13.5 Å². The van der Waals surface area contributed by atoms with E-state index in [4.69, 9.17) is 0 Å². The van der Waals surface area contributed by atoms with Crippen molar-refractivity contribution in [3.05, 3.63) is 29.8 Å². The predicted octanol–water partition coefficient (Wildman–Crippen LogP) is 0.626. The lowest BCUT2D eigenvalue weighted by Gasteiger charge is -2.15. The van der Waals surface area contributed by atoms with Gasteiger partial charge in [0.15, 0.2) is 0 Å².